The van der Waals surface area contributed by atoms with Gasteiger partial charge < -0.3 is 0 Å². The number of hydrogen-bond donors (Lipinski definition) is 0. The molecule has 6 heteroatoms. The zero-order chi connectivity index (χ0) is 17.5. The topological polar surface area (TPSA) is 34.1 Å². The van der Waals surface area contributed by atoms with E-state index in [1.165, 1.54) is 12.1 Å². The Morgan fingerprint density at radius 2 is 1.50 bits per heavy atom. The maximum Gasteiger partial charge on any atom is 0.178 e. The lowest BCUT2D eigenvalue weighted by Crippen LogP contribution is -2.01. The average Bonchev–Trinajstić information content (AvgIpc) is 2.94. The lowest BCUT2D eigenvalue weighted by molar-refractivity contribution is 0.570. The largest absolute Gasteiger partial charge is 0.224 e. The molecule has 0 radical (unpaired) electrons. The van der Waals surface area contributed by atoms with Gasteiger partial charge in [0, 0.05) is 16.3 Å². The van der Waals surface area contributed by atoms with Gasteiger partial charge in [0.1, 0.15) is 10.7 Å². The van der Waals surface area contributed by atoms with E-state index in [0.717, 1.165) is 42.2 Å². The Morgan fingerprint density at radius 1 is 0.917 bits per heavy atom. The highest BCUT2D eigenvalue weighted by Gasteiger charge is 2.21. The van der Waals surface area contributed by atoms with Crippen LogP contribution in [0.5, 0.6) is 0 Å². The summed E-state index contributed by atoms with van der Waals surface area (Å²) in [6.45, 7) is 0. The first-order valence-corrected chi connectivity index (χ1v) is 10.1. The van der Waals surface area contributed by atoms with Crippen LogP contribution in [0.2, 0.25) is 10.0 Å². The van der Waals surface area contributed by atoms with E-state index >= 15 is 0 Å². The van der Waals surface area contributed by atoms with E-state index in [2.05, 4.69) is 0 Å². The minimum atomic E-state index is -3.58. The normalized spacial score (nSPS) is 15.2. The maximum absolute atomic E-state index is 14.2. The SMILES string of the molecule is CS(=O)(=O)c1ccc(C2=C(c3cc(Cl)cc(Cl)c3)CCC2)cc1F. The summed E-state index contributed by atoms with van der Waals surface area (Å²) in [5.41, 5.74) is 3.70. The minimum Gasteiger partial charge on any atom is -0.224 e. The van der Waals surface area contributed by atoms with E-state index < -0.39 is 15.7 Å². The molecule has 24 heavy (non-hydrogen) atoms. The first-order valence-electron chi connectivity index (χ1n) is 7.44. The predicted octanol–water partition coefficient (Wildman–Crippen LogP) is 5.63. The van der Waals surface area contributed by atoms with Crippen molar-refractivity contribution in [1.82, 2.24) is 0 Å². The fraction of sp³-hybridized carbons (Fsp3) is 0.222. The molecule has 0 bridgehead atoms. The third-order valence-corrected chi connectivity index (χ3v) is 5.68. The third kappa shape index (κ3) is 3.51. The van der Waals surface area contributed by atoms with Crippen molar-refractivity contribution < 1.29 is 12.8 Å². The molecular weight excluding hydrogens is 370 g/mol. The fourth-order valence-electron chi connectivity index (χ4n) is 3.10. The van der Waals surface area contributed by atoms with Gasteiger partial charge in [0.25, 0.3) is 0 Å². The molecular formula is C18H15Cl2FO2S. The molecule has 0 aliphatic heterocycles. The second-order valence-electron chi connectivity index (χ2n) is 5.89. The molecule has 0 atom stereocenters. The molecule has 0 saturated carbocycles. The van der Waals surface area contributed by atoms with Crippen LogP contribution in [0.15, 0.2) is 41.3 Å². The van der Waals surface area contributed by atoms with E-state index in [-0.39, 0.29) is 4.90 Å². The van der Waals surface area contributed by atoms with Crippen molar-refractivity contribution in [3.8, 4) is 0 Å². The minimum absolute atomic E-state index is 0.280. The molecule has 126 valence electrons. The molecule has 0 aromatic heterocycles. The van der Waals surface area contributed by atoms with Crippen molar-refractivity contribution >= 4 is 44.2 Å². The Kier molecular flexibility index (Phi) is 4.73. The number of sulfone groups is 1. The van der Waals surface area contributed by atoms with Crippen LogP contribution in [0, 0.1) is 5.82 Å². The standard InChI is InChI=1S/C18H15Cl2FO2S/c1-24(22,23)18-6-5-11(9-17(18)21)15-3-2-4-16(15)12-7-13(19)10-14(20)8-12/h5-10H,2-4H2,1H3. The predicted molar refractivity (Wildman–Crippen MR) is 96.6 cm³/mol. The number of hydrogen-bond acceptors (Lipinski definition) is 2. The highest BCUT2D eigenvalue weighted by Crippen LogP contribution is 2.41. The first-order chi connectivity index (χ1) is 11.3. The Morgan fingerprint density at radius 3 is 2.04 bits per heavy atom. The van der Waals surface area contributed by atoms with Crippen LogP contribution in [0.1, 0.15) is 30.4 Å². The molecule has 0 saturated heterocycles. The van der Waals surface area contributed by atoms with Gasteiger partial charge >= 0.3 is 0 Å². The molecule has 0 spiro atoms. The fourth-order valence-corrected chi connectivity index (χ4v) is 4.35. The van der Waals surface area contributed by atoms with Crippen molar-refractivity contribution in [3.63, 3.8) is 0 Å². The van der Waals surface area contributed by atoms with Crippen LogP contribution in [0.4, 0.5) is 4.39 Å². The van der Waals surface area contributed by atoms with E-state index in [1.54, 1.807) is 12.1 Å². The summed E-state index contributed by atoms with van der Waals surface area (Å²) in [6, 6.07) is 9.64. The second kappa shape index (κ2) is 6.51. The van der Waals surface area contributed by atoms with Crippen LogP contribution in [0.25, 0.3) is 11.1 Å². The number of benzene rings is 2. The molecule has 2 aromatic rings. The highest BCUT2D eigenvalue weighted by molar-refractivity contribution is 7.90. The molecule has 0 fully saturated rings. The lowest BCUT2D eigenvalue weighted by atomic mass is 9.97. The molecule has 3 rings (SSSR count). The highest BCUT2D eigenvalue weighted by atomic mass is 35.5. The van der Waals surface area contributed by atoms with Crippen LogP contribution in [-0.4, -0.2) is 14.7 Å². The molecule has 2 nitrogen and oxygen atoms in total. The number of rotatable bonds is 3. The van der Waals surface area contributed by atoms with Gasteiger partial charge in [-0.3, -0.25) is 0 Å². The second-order valence-corrected chi connectivity index (χ2v) is 8.74. The molecule has 2 aromatic carbocycles. The zero-order valence-electron chi connectivity index (χ0n) is 12.9. The average molecular weight is 385 g/mol. The Bertz CT molecular complexity index is 929. The summed E-state index contributed by atoms with van der Waals surface area (Å²) in [5, 5.41) is 1.10. The quantitative estimate of drug-likeness (QED) is 0.686. The Hall–Kier alpha value is -1.36. The molecule has 0 heterocycles. The summed E-state index contributed by atoms with van der Waals surface area (Å²) in [6.07, 6.45) is 3.60. The van der Waals surface area contributed by atoms with Gasteiger partial charge in [0.15, 0.2) is 9.84 Å². The number of allylic oxidation sites excluding steroid dienone is 2. The molecule has 1 aliphatic carbocycles. The molecule has 0 N–H and O–H groups in total. The summed E-state index contributed by atoms with van der Waals surface area (Å²) < 4.78 is 37.3. The van der Waals surface area contributed by atoms with Crippen molar-refractivity contribution in [3.05, 3.63) is 63.4 Å². The summed E-state index contributed by atoms with van der Waals surface area (Å²) in [4.78, 5) is -0.280. The van der Waals surface area contributed by atoms with Crippen molar-refractivity contribution in [2.24, 2.45) is 0 Å². The molecule has 0 unspecified atom stereocenters. The van der Waals surface area contributed by atoms with Crippen LogP contribution < -0.4 is 0 Å². The van der Waals surface area contributed by atoms with Gasteiger partial charge in [-0.05, 0) is 71.9 Å². The zero-order valence-corrected chi connectivity index (χ0v) is 15.3. The van der Waals surface area contributed by atoms with Crippen LogP contribution in [-0.2, 0) is 9.84 Å². The van der Waals surface area contributed by atoms with Gasteiger partial charge in [-0.2, -0.15) is 0 Å². The van der Waals surface area contributed by atoms with Gasteiger partial charge in [-0.15, -0.1) is 0 Å². The van der Waals surface area contributed by atoms with Gasteiger partial charge in [0.05, 0.1) is 0 Å². The Balaban J connectivity index is 2.11. The lowest BCUT2D eigenvalue weighted by Gasteiger charge is -2.11. The molecule has 0 amide bonds. The van der Waals surface area contributed by atoms with Crippen molar-refractivity contribution in [1.29, 1.82) is 0 Å². The smallest absolute Gasteiger partial charge is 0.178 e. The van der Waals surface area contributed by atoms with E-state index in [9.17, 15) is 12.8 Å². The summed E-state index contributed by atoms with van der Waals surface area (Å²) in [5.74, 6) is -0.724. The number of halogens is 3. The van der Waals surface area contributed by atoms with Gasteiger partial charge in [0.2, 0.25) is 0 Å². The monoisotopic (exact) mass is 384 g/mol. The summed E-state index contributed by atoms with van der Waals surface area (Å²) in [7, 11) is -3.58. The third-order valence-electron chi connectivity index (χ3n) is 4.11. The van der Waals surface area contributed by atoms with Crippen molar-refractivity contribution in [2.75, 3.05) is 6.26 Å². The van der Waals surface area contributed by atoms with E-state index in [1.807, 2.05) is 12.1 Å². The molecule has 1 aliphatic rings. The van der Waals surface area contributed by atoms with Gasteiger partial charge in [-0.1, -0.05) is 29.3 Å². The van der Waals surface area contributed by atoms with E-state index in [4.69, 9.17) is 23.2 Å². The maximum atomic E-state index is 14.2. The van der Waals surface area contributed by atoms with Crippen molar-refractivity contribution in [2.45, 2.75) is 24.2 Å². The van der Waals surface area contributed by atoms with Crippen LogP contribution >= 0.6 is 23.2 Å². The summed E-state index contributed by atoms with van der Waals surface area (Å²) >= 11 is 12.2. The first kappa shape index (κ1) is 17.5. The Labute approximate surface area is 150 Å². The van der Waals surface area contributed by atoms with Crippen LogP contribution in [0.3, 0.4) is 0 Å². The van der Waals surface area contributed by atoms with Gasteiger partial charge in [-0.25, -0.2) is 12.8 Å². The van der Waals surface area contributed by atoms with E-state index in [0.29, 0.717) is 15.6 Å².